The van der Waals surface area contributed by atoms with Gasteiger partial charge in [0.25, 0.3) is 11.5 Å². The van der Waals surface area contributed by atoms with Gasteiger partial charge in [0.05, 0.1) is 0 Å². The highest BCUT2D eigenvalue weighted by atomic mass is 79.9. The second-order valence-corrected chi connectivity index (χ2v) is 5.13. The smallest absolute Gasteiger partial charge is 0.271 e. The van der Waals surface area contributed by atoms with E-state index in [0.717, 1.165) is 5.56 Å². The first-order valence-corrected chi connectivity index (χ1v) is 6.71. The zero-order valence-electron chi connectivity index (χ0n) is 10.8. The van der Waals surface area contributed by atoms with Crippen molar-refractivity contribution >= 4 is 27.5 Å². The van der Waals surface area contributed by atoms with Crippen LogP contribution in [0.5, 0.6) is 5.75 Å². The van der Waals surface area contributed by atoms with E-state index in [1.165, 1.54) is 12.3 Å². The van der Waals surface area contributed by atoms with Crippen LogP contribution in [0.1, 0.15) is 5.56 Å². The molecule has 1 aromatic heterocycles. The van der Waals surface area contributed by atoms with Gasteiger partial charge in [0.1, 0.15) is 11.4 Å². The molecule has 104 valence electrons. The van der Waals surface area contributed by atoms with Crippen LogP contribution in [0.15, 0.2) is 45.8 Å². The Kier molecular flexibility index (Phi) is 4.57. The molecule has 0 aliphatic rings. The lowest BCUT2D eigenvalue weighted by molar-refractivity contribution is -0.118. The van der Waals surface area contributed by atoms with Crippen molar-refractivity contribution in [3.8, 4) is 5.75 Å². The zero-order valence-corrected chi connectivity index (χ0v) is 12.4. The van der Waals surface area contributed by atoms with Gasteiger partial charge >= 0.3 is 0 Å². The van der Waals surface area contributed by atoms with Crippen molar-refractivity contribution in [1.29, 1.82) is 0 Å². The number of ether oxygens (including phenoxy) is 1. The lowest BCUT2D eigenvalue weighted by atomic mass is 10.2. The van der Waals surface area contributed by atoms with Crippen LogP contribution < -0.4 is 15.6 Å². The van der Waals surface area contributed by atoms with Gasteiger partial charge in [-0.3, -0.25) is 9.59 Å². The fourth-order valence-electron chi connectivity index (χ4n) is 1.52. The Morgan fingerprint density at radius 1 is 1.35 bits per heavy atom. The maximum Gasteiger partial charge on any atom is 0.271 e. The third-order valence-corrected chi connectivity index (χ3v) is 2.99. The maximum absolute atomic E-state index is 11.7. The highest BCUT2D eigenvalue weighted by Gasteiger charge is 2.07. The van der Waals surface area contributed by atoms with Crippen molar-refractivity contribution in [2.75, 3.05) is 11.9 Å². The van der Waals surface area contributed by atoms with Gasteiger partial charge in [-0.2, -0.15) is 0 Å². The highest BCUT2D eigenvalue weighted by Crippen LogP contribution is 2.12. The van der Waals surface area contributed by atoms with Crippen LogP contribution in [0.4, 0.5) is 5.69 Å². The molecule has 0 aliphatic carbocycles. The molecule has 2 aromatic rings. The van der Waals surface area contributed by atoms with E-state index in [9.17, 15) is 9.59 Å². The molecule has 0 unspecified atom stereocenters. The molecule has 0 atom stereocenters. The van der Waals surface area contributed by atoms with E-state index in [1.807, 2.05) is 19.1 Å². The minimum atomic E-state index is -0.394. The number of aromatic amines is 1. The minimum absolute atomic E-state index is 0.158. The molecule has 2 rings (SSSR count). The number of rotatable bonds is 4. The Labute approximate surface area is 124 Å². The monoisotopic (exact) mass is 336 g/mol. The number of aryl methyl sites for hydroxylation is 1. The third-order valence-electron chi connectivity index (χ3n) is 2.53. The lowest BCUT2D eigenvalue weighted by Crippen LogP contribution is -2.24. The molecule has 5 nitrogen and oxygen atoms in total. The summed E-state index contributed by atoms with van der Waals surface area (Å²) in [7, 11) is 0. The number of hydrogen-bond acceptors (Lipinski definition) is 3. The first-order chi connectivity index (χ1) is 9.54. The Morgan fingerprint density at radius 2 is 2.05 bits per heavy atom. The van der Waals surface area contributed by atoms with E-state index < -0.39 is 5.91 Å². The number of aromatic nitrogens is 1. The molecule has 0 saturated heterocycles. The van der Waals surface area contributed by atoms with Gasteiger partial charge in [-0.15, -0.1) is 0 Å². The number of halogens is 1. The summed E-state index contributed by atoms with van der Waals surface area (Å²) < 4.78 is 6.00. The van der Waals surface area contributed by atoms with E-state index in [4.69, 9.17) is 4.74 Å². The second kappa shape index (κ2) is 6.38. The van der Waals surface area contributed by atoms with Crippen LogP contribution in [-0.4, -0.2) is 17.5 Å². The number of hydrogen-bond donors (Lipinski definition) is 2. The van der Waals surface area contributed by atoms with Gasteiger partial charge < -0.3 is 15.0 Å². The standard InChI is InChI=1S/C14H13BrN2O3/c1-9-2-4-11(5-3-9)20-8-13(18)17-12-6-10(15)7-16-14(12)19/h2-7H,8H2,1H3,(H,16,19)(H,17,18). The topological polar surface area (TPSA) is 71.2 Å². The summed E-state index contributed by atoms with van der Waals surface area (Å²) in [4.78, 5) is 25.7. The molecular weight excluding hydrogens is 324 g/mol. The zero-order chi connectivity index (χ0) is 14.5. The SMILES string of the molecule is Cc1ccc(OCC(=O)Nc2cc(Br)c[nH]c2=O)cc1. The van der Waals surface area contributed by atoms with E-state index in [-0.39, 0.29) is 17.9 Å². The number of nitrogens with one attached hydrogen (secondary N) is 2. The molecule has 0 bridgehead atoms. The van der Waals surface area contributed by atoms with Crippen molar-refractivity contribution in [2.45, 2.75) is 6.92 Å². The van der Waals surface area contributed by atoms with Crippen molar-refractivity contribution in [1.82, 2.24) is 4.98 Å². The normalized spacial score (nSPS) is 10.1. The second-order valence-electron chi connectivity index (χ2n) is 4.21. The van der Waals surface area contributed by atoms with Crippen LogP contribution >= 0.6 is 15.9 Å². The quantitative estimate of drug-likeness (QED) is 0.900. The maximum atomic E-state index is 11.7. The molecule has 0 aliphatic heterocycles. The molecule has 1 amide bonds. The Balaban J connectivity index is 1.94. The van der Waals surface area contributed by atoms with Crippen molar-refractivity contribution < 1.29 is 9.53 Å². The fraction of sp³-hybridized carbons (Fsp3) is 0.143. The van der Waals surface area contributed by atoms with Gasteiger partial charge in [-0.25, -0.2) is 0 Å². The van der Waals surface area contributed by atoms with Gasteiger partial charge in [0.15, 0.2) is 6.61 Å². The Morgan fingerprint density at radius 3 is 2.75 bits per heavy atom. The third kappa shape index (κ3) is 3.96. The van der Waals surface area contributed by atoms with Crippen LogP contribution in [0.3, 0.4) is 0 Å². The number of carbonyl (C=O) groups is 1. The first-order valence-electron chi connectivity index (χ1n) is 5.92. The van der Waals surface area contributed by atoms with Crippen LogP contribution in [0.2, 0.25) is 0 Å². The van der Waals surface area contributed by atoms with Gasteiger partial charge in [-0.1, -0.05) is 17.7 Å². The number of carbonyl (C=O) groups excluding carboxylic acids is 1. The summed E-state index contributed by atoms with van der Waals surface area (Å²) in [5.74, 6) is 0.211. The number of H-pyrrole nitrogens is 1. The number of anilines is 1. The molecule has 2 N–H and O–H groups in total. The molecule has 0 radical (unpaired) electrons. The van der Waals surface area contributed by atoms with Crippen molar-refractivity contribution in [3.05, 3.63) is 56.9 Å². The summed E-state index contributed by atoms with van der Waals surface area (Å²) in [5, 5.41) is 2.49. The average Bonchev–Trinajstić information content (AvgIpc) is 2.42. The largest absolute Gasteiger partial charge is 0.484 e. The summed E-state index contributed by atoms with van der Waals surface area (Å²) >= 11 is 3.22. The highest BCUT2D eigenvalue weighted by molar-refractivity contribution is 9.10. The Hall–Kier alpha value is -2.08. The van der Waals surface area contributed by atoms with Gasteiger partial charge in [0.2, 0.25) is 0 Å². The lowest BCUT2D eigenvalue weighted by Gasteiger charge is -2.07. The average molecular weight is 337 g/mol. The van der Waals surface area contributed by atoms with E-state index in [0.29, 0.717) is 10.2 Å². The molecule has 0 spiro atoms. The number of pyridine rings is 1. The predicted molar refractivity (Wildman–Crippen MR) is 80.1 cm³/mol. The summed E-state index contributed by atoms with van der Waals surface area (Å²) in [6.07, 6.45) is 1.50. The number of amides is 1. The van der Waals surface area contributed by atoms with Crippen molar-refractivity contribution in [2.24, 2.45) is 0 Å². The van der Waals surface area contributed by atoms with Crippen molar-refractivity contribution in [3.63, 3.8) is 0 Å². The van der Waals surface area contributed by atoms with Crippen LogP contribution in [-0.2, 0) is 4.79 Å². The molecule has 1 heterocycles. The predicted octanol–water partition coefficient (Wildman–Crippen LogP) is 2.46. The summed E-state index contributed by atoms with van der Waals surface area (Å²) in [5.41, 5.74) is 0.927. The van der Waals surface area contributed by atoms with E-state index in [2.05, 4.69) is 26.2 Å². The molecular formula is C14H13BrN2O3. The minimum Gasteiger partial charge on any atom is -0.484 e. The molecule has 0 fully saturated rings. The summed E-state index contributed by atoms with van der Waals surface area (Å²) in [6, 6.07) is 8.89. The van der Waals surface area contributed by atoms with E-state index >= 15 is 0 Å². The van der Waals surface area contributed by atoms with Gasteiger partial charge in [-0.05, 0) is 41.1 Å². The van der Waals surface area contributed by atoms with Crippen LogP contribution in [0.25, 0.3) is 0 Å². The first kappa shape index (κ1) is 14.3. The number of benzene rings is 1. The molecule has 0 saturated carbocycles. The molecule has 1 aromatic carbocycles. The molecule has 6 heteroatoms. The summed E-state index contributed by atoms with van der Waals surface area (Å²) in [6.45, 7) is 1.81. The Bertz CT molecular complexity index is 665. The molecule has 20 heavy (non-hydrogen) atoms. The van der Waals surface area contributed by atoms with Gasteiger partial charge in [0, 0.05) is 10.7 Å². The van der Waals surface area contributed by atoms with E-state index in [1.54, 1.807) is 12.1 Å². The van der Waals surface area contributed by atoms with Crippen LogP contribution in [0, 0.1) is 6.92 Å². The fourth-order valence-corrected chi connectivity index (χ4v) is 1.86.